The van der Waals surface area contributed by atoms with Crippen molar-refractivity contribution in [3.8, 4) is 0 Å². The second kappa shape index (κ2) is 3.31. The van der Waals surface area contributed by atoms with Crippen molar-refractivity contribution in [3.63, 3.8) is 0 Å². The minimum Gasteiger partial charge on any atom is -0.443 e. The Morgan fingerprint density at radius 2 is 2.38 bits per heavy atom. The first kappa shape index (κ1) is 9.35. The van der Waals surface area contributed by atoms with Gasteiger partial charge < -0.3 is 9.52 Å². The Labute approximate surface area is 91.3 Å². The Morgan fingerprint density at radius 3 is 3.19 bits per heavy atom. The van der Waals surface area contributed by atoms with E-state index in [1.165, 1.54) is 6.39 Å². The fourth-order valence-corrected chi connectivity index (χ4v) is 1.89. The molecule has 1 N–H and O–H groups in total. The molecule has 2 aromatic heterocycles. The molecular formula is C11H11N3O2. The maximum Gasteiger partial charge on any atom is 0.182 e. The second-order valence-corrected chi connectivity index (χ2v) is 3.88. The summed E-state index contributed by atoms with van der Waals surface area (Å²) in [7, 11) is 0. The highest BCUT2D eigenvalue weighted by atomic mass is 16.3. The van der Waals surface area contributed by atoms with E-state index in [4.69, 9.17) is 4.42 Å². The lowest BCUT2D eigenvalue weighted by molar-refractivity contribution is 0.170. The maximum atomic E-state index is 9.40. The molecule has 0 amide bonds. The minimum absolute atomic E-state index is 0.440. The van der Waals surface area contributed by atoms with Crippen molar-refractivity contribution < 1.29 is 9.52 Å². The van der Waals surface area contributed by atoms with Gasteiger partial charge in [0.15, 0.2) is 12.0 Å². The molecule has 0 saturated carbocycles. The van der Waals surface area contributed by atoms with E-state index in [1.54, 1.807) is 17.8 Å². The van der Waals surface area contributed by atoms with Gasteiger partial charge in [0.25, 0.3) is 0 Å². The quantitative estimate of drug-likeness (QED) is 0.707. The summed E-state index contributed by atoms with van der Waals surface area (Å²) >= 11 is 0. The van der Waals surface area contributed by atoms with Gasteiger partial charge in [0.2, 0.25) is 0 Å². The summed E-state index contributed by atoms with van der Waals surface area (Å²) < 4.78 is 7.00. The summed E-state index contributed by atoms with van der Waals surface area (Å²) in [5, 5.41) is 14.6. The molecule has 0 aliphatic rings. The van der Waals surface area contributed by atoms with Crippen LogP contribution >= 0.6 is 0 Å². The third-order valence-electron chi connectivity index (χ3n) is 2.54. The van der Waals surface area contributed by atoms with Gasteiger partial charge in [-0.25, -0.2) is 4.98 Å². The molecule has 3 rings (SSSR count). The van der Waals surface area contributed by atoms with E-state index in [9.17, 15) is 5.11 Å². The van der Waals surface area contributed by atoms with Gasteiger partial charge in [0.05, 0.1) is 24.4 Å². The van der Waals surface area contributed by atoms with Crippen molar-refractivity contribution in [3.05, 3.63) is 24.7 Å². The molecule has 0 bridgehead atoms. The number of aliphatic hydroxyl groups is 1. The molecule has 16 heavy (non-hydrogen) atoms. The fourth-order valence-electron chi connectivity index (χ4n) is 1.89. The number of hydrogen-bond donors (Lipinski definition) is 1. The molecule has 3 aromatic rings. The van der Waals surface area contributed by atoms with Crippen LogP contribution in [0.1, 0.15) is 6.92 Å². The largest absolute Gasteiger partial charge is 0.443 e. The molecule has 0 aliphatic heterocycles. The lowest BCUT2D eigenvalue weighted by Gasteiger charge is -2.05. The highest BCUT2D eigenvalue weighted by molar-refractivity contribution is 6.00. The topological polar surface area (TPSA) is 64.1 Å². The van der Waals surface area contributed by atoms with Gasteiger partial charge in [-0.1, -0.05) is 0 Å². The first-order valence-electron chi connectivity index (χ1n) is 5.11. The predicted octanol–water partition coefficient (Wildman–Crippen LogP) is 1.56. The minimum atomic E-state index is -0.440. The number of hydrogen-bond acceptors (Lipinski definition) is 4. The maximum absolute atomic E-state index is 9.40. The zero-order chi connectivity index (χ0) is 11.1. The van der Waals surface area contributed by atoms with E-state index >= 15 is 0 Å². The molecule has 2 heterocycles. The van der Waals surface area contributed by atoms with E-state index in [0.717, 1.165) is 22.0 Å². The first-order chi connectivity index (χ1) is 7.75. The van der Waals surface area contributed by atoms with Crippen LogP contribution in [0.25, 0.3) is 22.0 Å². The van der Waals surface area contributed by atoms with Crippen molar-refractivity contribution in [2.45, 2.75) is 19.6 Å². The normalized spacial score (nSPS) is 13.6. The van der Waals surface area contributed by atoms with E-state index in [-0.39, 0.29) is 0 Å². The van der Waals surface area contributed by atoms with Crippen LogP contribution in [-0.4, -0.2) is 26.0 Å². The molecule has 0 fully saturated rings. The van der Waals surface area contributed by atoms with Gasteiger partial charge in [-0.3, -0.25) is 4.68 Å². The highest BCUT2D eigenvalue weighted by Crippen LogP contribution is 2.23. The van der Waals surface area contributed by atoms with Crippen LogP contribution in [0.15, 0.2) is 29.1 Å². The van der Waals surface area contributed by atoms with Gasteiger partial charge in [-0.2, -0.15) is 5.10 Å². The second-order valence-electron chi connectivity index (χ2n) is 3.88. The lowest BCUT2D eigenvalue weighted by atomic mass is 10.2. The number of aromatic nitrogens is 3. The van der Waals surface area contributed by atoms with Crippen molar-refractivity contribution in [1.82, 2.24) is 14.8 Å². The van der Waals surface area contributed by atoms with Crippen LogP contribution in [0.5, 0.6) is 0 Å². The molecule has 0 radical (unpaired) electrons. The number of aliphatic hydroxyl groups excluding tert-OH is 1. The molecule has 0 saturated heterocycles. The van der Waals surface area contributed by atoms with Gasteiger partial charge in [0.1, 0.15) is 5.52 Å². The summed E-state index contributed by atoms with van der Waals surface area (Å²) in [6.45, 7) is 2.19. The molecule has 5 nitrogen and oxygen atoms in total. The van der Waals surface area contributed by atoms with Crippen molar-refractivity contribution in [2.24, 2.45) is 0 Å². The monoisotopic (exact) mass is 217 g/mol. The average Bonchev–Trinajstić information content (AvgIpc) is 2.82. The van der Waals surface area contributed by atoms with Crippen LogP contribution in [-0.2, 0) is 6.54 Å². The zero-order valence-corrected chi connectivity index (χ0v) is 8.79. The fraction of sp³-hybridized carbons (Fsp3) is 0.273. The smallest absolute Gasteiger partial charge is 0.182 e. The van der Waals surface area contributed by atoms with Gasteiger partial charge in [-0.15, -0.1) is 0 Å². The van der Waals surface area contributed by atoms with Gasteiger partial charge in [-0.05, 0) is 19.1 Å². The number of nitrogens with zero attached hydrogens (tertiary/aromatic N) is 3. The third-order valence-corrected chi connectivity index (χ3v) is 2.54. The van der Waals surface area contributed by atoms with Crippen molar-refractivity contribution >= 4 is 22.0 Å². The Hall–Kier alpha value is -1.88. The number of oxazole rings is 1. The summed E-state index contributed by atoms with van der Waals surface area (Å²) in [6, 6.07) is 3.81. The molecule has 82 valence electrons. The third kappa shape index (κ3) is 1.29. The van der Waals surface area contributed by atoms with Crippen LogP contribution in [0.3, 0.4) is 0 Å². The molecular weight excluding hydrogens is 206 g/mol. The number of rotatable bonds is 2. The van der Waals surface area contributed by atoms with Crippen LogP contribution in [0, 0.1) is 0 Å². The molecule has 1 unspecified atom stereocenters. The lowest BCUT2D eigenvalue weighted by Crippen LogP contribution is -2.12. The standard InChI is InChI=1S/C11H11N3O2/c1-7(15)5-14-11-8(4-13-14)2-3-9-10(11)12-6-16-9/h2-4,6-7,15H,5H2,1H3. The van der Waals surface area contributed by atoms with Crippen LogP contribution in [0.4, 0.5) is 0 Å². The van der Waals surface area contributed by atoms with Gasteiger partial charge >= 0.3 is 0 Å². The molecule has 0 aliphatic carbocycles. The Morgan fingerprint density at radius 1 is 1.50 bits per heavy atom. The van der Waals surface area contributed by atoms with Gasteiger partial charge in [0, 0.05) is 5.39 Å². The molecule has 5 heteroatoms. The Kier molecular flexibility index (Phi) is 1.94. The van der Waals surface area contributed by atoms with Crippen molar-refractivity contribution in [1.29, 1.82) is 0 Å². The van der Waals surface area contributed by atoms with E-state index in [2.05, 4.69) is 10.1 Å². The van der Waals surface area contributed by atoms with Crippen LogP contribution in [0.2, 0.25) is 0 Å². The number of benzene rings is 1. The molecule has 0 spiro atoms. The molecule has 1 aromatic carbocycles. The molecule has 1 atom stereocenters. The summed E-state index contributed by atoms with van der Waals surface area (Å²) in [6.07, 6.45) is 2.75. The highest BCUT2D eigenvalue weighted by Gasteiger charge is 2.11. The van der Waals surface area contributed by atoms with E-state index < -0.39 is 6.10 Å². The Bertz CT molecular complexity index is 639. The van der Waals surface area contributed by atoms with E-state index in [0.29, 0.717) is 6.54 Å². The van der Waals surface area contributed by atoms with Crippen LogP contribution < -0.4 is 0 Å². The number of fused-ring (bicyclic) bond motifs is 3. The van der Waals surface area contributed by atoms with E-state index in [1.807, 2.05) is 12.1 Å². The summed E-state index contributed by atoms with van der Waals surface area (Å²) in [4.78, 5) is 4.18. The summed E-state index contributed by atoms with van der Waals surface area (Å²) in [5.74, 6) is 0. The van der Waals surface area contributed by atoms with Crippen molar-refractivity contribution in [2.75, 3.05) is 0 Å². The summed E-state index contributed by atoms with van der Waals surface area (Å²) in [5.41, 5.74) is 2.43. The Balaban J connectivity index is 2.32. The zero-order valence-electron chi connectivity index (χ0n) is 8.79. The average molecular weight is 217 g/mol. The SMILES string of the molecule is CC(O)Cn1ncc2ccc3ocnc3c21. The first-order valence-corrected chi connectivity index (χ1v) is 5.11. The predicted molar refractivity (Wildman–Crippen MR) is 59.0 cm³/mol.